The lowest BCUT2D eigenvalue weighted by Gasteiger charge is -2.61. The fourth-order valence-electron chi connectivity index (χ4n) is 7.26. The molecule has 7 atom stereocenters. The van der Waals surface area contributed by atoms with E-state index in [2.05, 4.69) is 13.8 Å². The van der Waals surface area contributed by atoms with Gasteiger partial charge in [0.1, 0.15) is 5.78 Å². The van der Waals surface area contributed by atoms with Crippen molar-refractivity contribution in [3.63, 3.8) is 0 Å². The number of carbonyl (C=O) groups is 1. The first kappa shape index (κ1) is 19.8. The van der Waals surface area contributed by atoms with Crippen LogP contribution < -0.4 is 0 Å². The summed E-state index contributed by atoms with van der Waals surface area (Å²) in [4.78, 5) is 23.6. The van der Waals surface area contributed by atoms with E-state index in [9.17, 15) is 9.90 Å². The van der Waals surface area contributed by atoms with Crippen molar-refractivity contribution in [2.24, 2.45) is 34.5 Å². The lowest BCUT2D eigenvalue weighted by atomic mass is 9.45. The molecule has 0 radical (unpaired) electrons. The molecule has 4 saturated carbocycles. The maximum Gasteiger partial charge on any atom is 0.199 e. The normalized spacial score (nSPS) is 50.1. The Bertz CT molecular complexity index is 610. The van der Waals surface area contributed by atoms with Gasteiger partial charge in [0, 0.05) is 24.7 Å². The van der Waals surface area contributed by atoms with E-state index in [0.717, 1.165) is 32.1 Å². The van der Waals surface area contributed by atoms with Gasteiger partial charge in [-0.1, -0.05) is 13.8 Å². The molecular formula is C23H38O4. The molecule has 0 aromatic heterocycles. The van der Waals surface area contributed by atoms with E-state index in [0.29, 0.717) is 42.3 Å². The van der Waals surface area contributed by atoms with Crippen LogP contribution in [0.5, 0.6) is 0 Å². The van der Waals surface area contributed by atoms with Crippen LogP contribution in [0.15, 0.2) is 0 Å². The van der Waals surface area contributed by atoms with Crippen LogP contribution in [0.25, 0.3) is 0 Å². The number of Topliss-reactive ketones (excluding diaryl/α,β-unsaturated/α-hetero) is 1. The molecule has 0 saturated heterocycles. The predicted molar refractivity (Wildman–Crippen MR) is 104 cm³/mol. The zero-order valence-corrected chi connectivity index (χ0v) is 17.8. The molecule has 154 valence electrons. The molecule has 4 nitrogen and oxygen atoms in total. The van der Waals surface area contributed by atoms with E-state index in [4.69, 9.17) is 9.78 Å². The summed E-state index contributed by atoms with van der Waals surface area (Å²) in [5.41, 5.74) is -0.215. The molecular weight excluding hydrogens is 340 g/mol. The summed E-state index contributed by atoms with van der Waals surface area (Å²) < 4.78 is 0. The van der Waals surface area contributed by atoms with Crippen LogP contribution >= 0.6 is 0 Å². The Labute approximate surface area is 164 Å². The molecule has 1 N–H and O–H groups in total. The third kappa shape index (κ3) is 3.20. The minimum atomic E-state index is -1.16. The summed E-state index contributed by atoms with van der Waals surface area (Å²) in [7, 11) is 0. The largest absolute Gasteiger partial charge is 0.363 e. The van der Waals surface area contributed by atoms with E-state index < -0.39 is 11.4 Å². The van der Waals surface area contributed by atoms with Crippen molar-refractivity contribution in [1.29, 1.82) is 0 Å². The second-order valence-electron chi connectivity index (χ2n) is 11.5. The SMILES string of the molecule is CC(C)(C)OO[C@]1(O)CC[C@@]2(C)[C@H](CC[C@@H]3[C@@H]2CC[C@]2(C)C(=O)CC[C@@H]32)C1. The van der Waals surface area contributed by atoms with Crippen molar-refractivity contribution < 1.29 is 19.7 Å². The first-order valence-corrected chi connectivity index (χ1v) is 11.1. The number of rotatable bonds is 2. The van der Waals surface area contributed by atoms with Gasteiger partial charge >= 0.3 is 0 Å². The third-order valence-corrected chi connectivity index (χ3v) is 8.84. The smallest absolute Gasteiger partial charge is 0.199 e. The molecule has 4 fully saturated rings. The summed E-state index contributed by atoms with van der Waals surface area (Å²) in [5.74, 6) is 1.80. The van der Waals surface area contributed by atoms with E-state index in [1.54, 1.807) is 0 Å². The monoisotopic (exact) mass is 378 g/mol. The molecule has 0 bridgehead atoms. The maximum atomic E-state index is 12.5. The van der Waals surface area contributed by atoms with Crippen LogP contribution in [0.2, 0.25) is 0 Å². The highest BCUT2D eigenvalue weighted by Crippen LogP contribution is 2.66. The molecule has 4 heteroatoms. The van der Waals surface area contributed by atoms with Gasteiger partial charge in [-0.2, -0.15) is 0 Å². The van der Waals surface area contributed by atoms with Crippen molar-refractivity contribution in [2.45, 2.75) is 104 Å². The topological polar surface area (TPSA) is 55.8 Å². The Morgan fingerprint density at radius 2 is 1.74 bits per heavy atom. The maximum absolute atomic E-state index is 12.5. The summed E-state index contributed by atoms with van der Waals surface area (Å²) in [6.45, 7) is 10.5. The number of hydrogen-bond acceptors (Lipinski definition) is 4. The van der Waals surface area contributed by atoms with Crippen LogP contribution in [0.3, 0.4) is 0 Å². The van der Waals surface area contributed by atoms with Crippen molar-refractivity contribution >= 4 is 5.78 Å². The Balaban J connectivity index is 1.50. The molecule has 4 rings (SSSR count). The van der Waals surface area contributed by atoms with Crippen LogP contribution in [0, 0.1) is 34.5 Å². The standard InChI is InChI=1S/C23H38O4/c1-20(2,3)26-27-23(25)13-12-21(4)15(14-23)6-7-16-17-8-9-19(24)22(17,5)11-10-18(16)21/h15-18,25H,6-14H2,1-5H3/t15-,16+,17+,18+,21+,22+,23-/m1/s1. The van der Waals surface area contributed by atoms with Crippen LogP contribution in [0.4, 0.5) is 0 Å². The van der Waals surface area contributed by atoms with Gasteiger partial charge in [0.2, 0.25) is 0 Å². The number of carbonyl (C=O) groups excluding carboxylic acids is 1. The molecule has 0 aromatic rings. The average molecular weight is 379 g/mol. The zero-order chi connectivity index (χ0) is 19.7. The summed E-state index contributed by atoms with van der Waals surface area (Å²) >= 11 is 0. The first-order valence-electron chi connectivity index (χ1n) is 11.1. The molecule has 0 heterocycles. The molecule has 0 spiro atoms. The van der Waals surface area contributed by atoms with Gasteiger partial charge in [-0.15, -0.1) is 0 Å². The van der Waals surface area contributed by atoms with Gasteiger partial charge in [-0.25, -0.2) is 9.78 Å². The van der Waals surface area contributed by atoms with Crippen molar-refractivity contribution in [3.8, 4) is 0 Å². The molecule has 0 aromatic carbocycles. The molecule has 27 heavy (non-hydrogen) atoms. The molecule has 0 aliphatic heterocycles. The van der Waals surface area contributed by atoms with Crippen LogP contribution in [-0.4, -0.2) is 22.3 Å². The summed E-state index contributed by atoms with van der Waals surface area (Å²) in [5, 5.41) is 11.0. The minimum absolute atomic E-state index is 0.0522. The highest BCUT2D eigenvalue weighted by molar-refractivity contribution is 5.87. The Hall–Kier alpha value is -0.450. The number of aliphatic hydroxyl groups is 1. The number of hydrogen-bond donors (Lipinski definition) is 1. The number of ketones is 1. The lowest BCUT2D eigenvalue weighted by Crippen LogP contribution is -2.56. The zero-order valence-electron chi connectivity index (χ0n) is 17.8. The van der Waals surface area contributed by atoms with Crippen molar-refractivity contribution in [2.75, 3.05) is 0 Å². The highest BCUT2D eigenvalue weighted by Gasteiger charge is 2.61. The van der Waals surface area contributed by atoms with E-state index in [1.165, 1.54) is 12.8 Å². The van der Waals surface area contributed by atoms with Crippen LogP contribution in [0.1, 0.15) is 92.4 Å². The Morgan fingerprint density at radius 1 is 1.00 bits per heavy atom. The van der Waals surface area contributed by atoms with Gasteiger partial charge in [-0.3, -0.25) is 4.79 Å². The fourth-order valence-corrected chi connectivity index (χ4v) is 7.26. The molecule has 4 aliphatic carbocycles. The van der Waals surface area contributed by atoms with Gasteiger partial charge in [-0.05, 0) is 88.4 Å². The summed E-state index contributed by atoms with van der Waals surface area (Å²) in [6, 6.07) is 0. The van der Waals surface area contributed by atoms with Crippen molar-refractivity contribution in [3.05, 3.63) is 0 Å². The average Bonchev–Trinajstić information content (AvgIpc) is 2.89. The fraction of sp³-hybridized carbons (Fsp3) is 0.957. The minimum Gasteiger partial charge on any atom is -0.363 e. The van der Waals surface area contributed by atoms with Gasteiger partial charge < -0.3 is 5.11 Å². The van der Waals surface area contributed by atoms with Gasteiger partial charge in [0.25, 0.3) is 0 Å². The number of fused-ring (bicyclic) bond motifs is 5. The second-order valence-corrected chi connectivity index (χ2v) is 11.5. The van der Waals surface area contributed by atoms with Crippen LogP contribution in [-0.2, 0) is 14.6 Å². The quantitative estimate of drug-likeness (QED) is 0.416. The van der Waals surface area contributed by atoms with E-state index in [-0.39, 0.29) is 10.8 Å². The second kappa shape index (κ2) is 6.27. The van der Waals surface area contributed by atoms with Gasteiger partial charge in [0.05, 0.1) is 5.60 Å². The third-order valence-electron chi connectivity index (χ3n) is 8.84. The highest BCUT2D eigenvalue weighted by atomic mass is 17.2. The van der Waals surface area contributed by atoms with Gasteiger partial charge in [0.15, 0.2) is 5.79 Å². The molecule has 0 unspecified atom stereocenters. The molecule has 0 amide bonds. The van der Waals surface area contributed by atoms with E-state index in [1.807, 2.05) is 20.8 Å². The Kier molecular flexibility index (Phi) is 4.61. The summed E-state index contributed by atoms with van der Waals surface area (Å²) in [6.07, 6.45) is 8.77. The first-order chi connectivity index (χ1) is 12.5. The Morgan fingerprint density at radius 3 is 2.44 bits per heavy atom. The van der Waals surface area contributed by atoms with E-state index >= 15 is 0 Å². The lowest BCUT2D eigenvalue weighted by molar-refractivity contribution is -0.463. The molecule has 4 aliphatic rings. The van der Waals surface area contributed by atoms with Crippen molar-refractivity contribution in [1.82, 2.24) is 0 Å². The predicted octanol–water partition coefficient (Wildman–Crippen LogP) is 5.03.